The van der Waals surface area contributed by atoms with Gasteiger partial charge < -0.3 is 4.57 Å². The summed E-state index contributed by atoms with van der Waals surface area (Å²) in [4.78, 5) is 19.2. The first kappa shape index (κ1) is 17.5. The van der Waals surface area contributed by atoms with Gasteiger partial charge in [0, 0.05) is 56.2 Å². The van der Waals surface area contributed by atoms with Crippen LogP contribution in [0.1, 0.15) is 50.8 Å². The van der Waals surface area contributed by atoms with Gasteiger partial charge in [-0.2, -0.15) is 5.10 Å². The number of hydrogen-bond acceptors (Lipinski definition) is 4. The van der Waals surface area contributed by atoms with Crippen LogP contribution in [-0.4, -0.2) is 37.3 Å². The summed E-state index contributed by atoms with van der Waals surface area (Å²) in [6.45, 7) is 11.2. The van der Waals surface area contributed by atoms with E-state index >= 15 is 0 Å². The number of aromatic nitrogens is 4. The molecule has 1 fully saturated rings. The molecule has 0 N–H and O–H groups in total. The molecule has 2 aromatic rings. The van der Waals surface area contributed by atoms with E-state index in [0.29, 0.717) is 12.5 Å². The van der Waals surface area contributed by atoms with Crippen LogP contribution in [0.15, 0.2) is 23.1 Å². The highest BCUT2D eigenvalue weighted by atomic mass is 16.1. The van der Waals surface area contributed by atoms with Gasteiger partial charge in [-0.25, -0.2) is 9.67 Å². The molecule has 4 heterocycles. The molecule has 26 heavy (non-hydrogen) atoms. The summed E-state index contributed by atoms with van der Waals surface area (Å²) in [7, 11) is 0. The van der Waals surface area contributed by atoms with Crippen LogP contribution in [0.5, 0.6) is 0 Å². The summed E-state index contributed by atoms with van der Waals surface area (Å²) in [6.07, 6.45) is 5.68. The quantitative estimate of drug-likeness (QED) is 0.844. The highest BCUT2D eigenvalue weighted by Gasteiger charge is 2.29. The molecule has 0 aliphatic carbocycles. The van der Waals surface area contributed by atoms with Crippen LogP contribution in [0.25, 0.3) is 0 Å². The van der Waals surface area contributed by atoms with Gasteiger partial charge in [0.25, 0.3) is 5.56 Å². The molecule has 0 aromatic carbocycles. The zero-order chi connectivity index (χ0) is 18.3. The molecule has 2 aromatic heterocycles. The SMILES string of the molecule is CC(C)(C)c1ccc(=O)n(CC2CN(Cc3cnc4n3CCCC4)C2)n1. The fourth-order valence-corrected chi connectivity index (χ4v) is 3.98. The second-order valence-electron chi connectivity index (χ2n) is 8.82. The average Bonchev–Trinajstić information content (AvgIpc) is 2.96. The Morgan fingerprint density at radius 2 is 2.00 bits per heavy atom. The predicted molar refractivity (Wildman–Crippen MR) is 101 cm³/mol. The molecule has 0 atom stereocenters. The summed E-state index contributed by atoms with van der Waals surface area (Å²) in [5.41, 5.74) is 2.27. The maximum absolute atomic E-state index is 12.1. The van der Waals surface area contributed by atoms with Crippen LogP contribution in [0.4, 0.5) is 0 Å². The van der Waals surface area contributed by atoms with Crippen LogP contribution in [-0.2, 0) is 31.5 Å². The first-order chi connectivity index (χ1) is 12.4. The van der Waals surface area contributed by atoms with Gasteiger partial charge in [0.15, 0.2) is 0 Å². The average molecular weight is 355 g/mol. The van der Waals surface area contributed by atoms with E-state index in [1.54, 1.807) is 10.7 Å². The van der Waals surface area contributed by atoms with Crippen molar-refractivity contribution in [2.24, 2.45) is 5.92 Å². The third-order valence-electron chi connectivity index (χ3n) is 5.54. The minimum Gasteiger partial charge on any atom is -0.331 e. The lowest BCUT2D eigenvalue weighted by molar-refractivity contribution is 0.0737. The number of hydrogen-bond donors (Lipinski definition) is 0. The third kappa shape index (κ3) is 3.47. The molecule has 140 valence electrons. The smallest absolute Gasteiger partial charge is 0.266 e. The zero-order valence-electron chi connectivity index (χ0n) is 16.1. The van der Waals surface area contributed by atoms with Crippen LogP contribution < -0.4 is 5.56 Å². The van der Waals surface area contributed by atoms with Crippen molar-refractivity contribution in [1.29, 1.82) is 0 Å². The van der Waals surface area contributed by atoms with Gasteiger partial charge in [-0.15, -0.1) is 0 Å². The number of likely N-dealkylation sites (tertiary alicyclic amines) is 1. The largest absolute Gasteiger partial charge is 0.331 e. The van der Waals surface area contributed by atoms with E-state index in [2.05, 4.69) is 40.3 Å². The van der Waals surface area contributed by atoms with E-state index in [-0.39, 0.29) is 11.0 Å². The van der Waals surface area contributed by atoms with E-state index in [4.69, 9.17) is 0 Å². The Morgan fingerprint density at radius 3 is 2.77 bits per heavy atom. The topological polar surface area (TPSA) is 56.0 Å². The molecule has 0 saturated carbocycles. The molecular weight excluding hydrogens is 326 g/mol. The molecule has 2 aliphatic heterocycles. The lowest BCUT2D eigenvalue weighted by atomic mass is 9.92. The Hall–Kier alpha value is -1.95. The van der Waals surface area contributed by atoms with Crippen molar-refractivity contribution < 1.29 is 0 Å². The summed E-state index contributed by atoms with van der Waals surface area (Å²) in [5.74, 6) is 1.75. The second-order valence-corrected chi connectivity index (χ2v) is 8.82. The molecule has 6 heteroatoms. The fraction of sp³-hybridized carbons (Fsp3) is 0.650. The van der Waals surface area contributed by atoms with E-state index in [0.717, 1.165) is 38.3 Å². The molecule has 0 spiro atoms. The highest BCUT2D eigenvalue weighted by molar-refractivity contribution is 5.11. The van der Waals surface area contributed by atoms with Crippen molar-refractivity contribution in [3.05, 3.63) is 45.9 Å². The van der Waals surface area contributed by atoms with Gasteiger partial charge in [-0.3, -0.25) is 9.69 Å². The summed E-state index contributed by atoms with van der Waals surface area (Å²) in [6, 6.07) is 3.51. The van der Waals surface area contributed by atoms with Gasteiger partial charge in [0.1, 0.15) is 5.82 Å². The van der Waals surface area contributed by atoms with Crippen LogP contribution in [0.3, 0.4) is 0 Å². The molecular formula is C20H29N5O. The highest BCUT2D eigenvalue weighted by Crippen LogP contribution is 2.23. The molecule has 1 saturated heterocycles. The Morgan fingerprint density at radius 1 is 1.19 bits per heavy atom. The van der Waals surface area contributed by atoms with Crippen molar-refractivity contribution >= 4 is 0 Å². The third-order valence-corrected chi connectivity index (χ3v) is 5.54. The van der Waals surface area contributed by atoms with Gasteiger partial charge >= 0.3 is 0 Å². The number of aryl methyl sites for hydroxylation is 1. The van der Waals surface area contributed by atoms with Gasteiger partial charge in [-0.1, -0.05) is 20.8 Å². The van der Waals surface area contributed by atoms with E-state index < -0.39 is 0 Å². The predicted octanol–water partition coefficient (Wildman–Crippen LogP) is 2.21. The lowest BCUT2D eigenvalue weighted by Crippen LogP contribution is -2.49. The Bertz CT molecular complexity index is 839. The summed E-state index contributed by atoms with van der Waals surface area (Å²) >= 11 is 0. The van der Waals surface area contributed by atoms with Crippen LogP contribution >= 0.6 is 0 Å². The molecule has 0 unspecified atom stereocenters. The van der Waals surface area contributed by atoms with E-state index in [1.807, 2.05) is 12.3 Å². The van der Waals surface area contributed by atoms with E-state index in [1.165, 1.54) is 24.4 Å². The number of imidazole rings is 1. The van der Waals surface area contributed by atoms with Gasteiger partial charge in [0.05, 0.1) is 17.9 Å². The molecule has 0 bridgehead atoms. The van der Waals surface area contributed by atoms with Crippen molar-refractivity contribution in [2.45, 2.75) is 65.1 Å². The van der Waals surface area contributed by atoms with Crippen LogP contribution in [0.2, 0.25) is 0 Å². The minimum atomic E-state index is -0.0395. The van der Waals surface area contributed by atoms with Crippen molar-refractivity contribution in [3.8, 4) is 0 Å². The fourth-order valence-electron chi connectivity index (χ4n) is 3.98. The zero-order valence-corrected chi connectivity index (χ0v) is 16.1. The molecule has 0 radical (unpaired) electrons. The van der Waals surface area contributed by atoms with Gasteiger partial charge in [-0.05, 0) is 18.9 Å². The van der Waals surface area contributed by atoms with Crippen LogP contribution in [0, 0.1) is 5.92 Å². The van der Waals surface area contributed by atoms with Crippen molar-refractivity contribution in [3.63, 3.8) is 0 Å². The van der Waals surface area contributed by atoms with Gasteiger partial charge in [0.2, 0.25) is 0 Å². The Balaban J connectivity index is 1.36. The Labute approximate surface area is 154 Å². The normalized spacial score (nSPS) is 18.6. The van der Waals surface area contributed by atoms with Crippen molar-refractivity contribution in [1.82, 2.24) is 24.2 Å². The number of nitrogens with zero attached hydrogens (tertiary/aromatic N) is 5. The first-order valence-electron chi connectivity index (χ1n) is 9.74. The van der Waals surface area contributed by atoms with E-state index in [9.17, 15) is 4.79 Å². The number of rotatable bonds is 4. The molecule has 4 rings (SSSR count). The lowest BCUT2D eigenvalue weighted by Gasteiger charge is -2.39. The summed E-state index contributed by atoms with van der Waals surface area (Å²) < 4.78 is 4.05. The molecule has 6 nitrogen and oxygen atoms in total. The molecule has 0 amide bonds. The van der Waals surface area contributed by atoms with Crippen molar-refractivity contribution in [2.75, 3.05) is 13.1 Å². The maximum Gasteiger partial charge on any atom is 0.266 e. The number of fused-ring (bicyclic) bond motifs is 1. The molecule has 2 aliphatic rings. The first-order valence-corrected chi connectivity index (χ1v) is 9.74. The monoisotopic (exact) mass is 355 g/mol. The minimum absolute atomic E-state index is 0.00121. The standard InChI is InChI=1S/C20H29N5O/c1-20(2,3)17-7-8-19(26)25(22-17)13-15-11-23(12-15)14-16-10-21-18-6-4-5-9-24(16)18/h7-8,10,15H,4-6,9,11-14H2,1-3H3. The second kappa shape index (κ2) is 6.65. The Kier molecular flexibility index (Phi) is 4.47. The maximum atomic E-state index is 12.1. The summed E-state index contributed by atoms with van der Waals surface area (Å²) in [5, 5.41) is 4.60.